The molecule has 2 N–H and O–H groups in total. The summed E-state index contributed by atoms with van der Waals surface area (Å²) in [5.74, 6) is -0.107. The molecule has 0 bridgehead atoms. The van der Waals surface area contributed by atoms with Crippen molar-refractivity contribution in [2.24, 2.45) is 0 Å². The number of carbonyl (C=O) groups excluding carboxylic acids is 1. The van der Waals surface area contributed by atoms with E-state index in [2.05, 4.69) is 5.32 Å². The fraction of sp³-hybridized carbons (Fsp3) is 0.105. The lowest BCUT2D eigenvalue weighted by molar-refractivity contribution is -0.384. The number of nitro groups is 1. The molecule has 0 atom stereocenters. The highest BCUT2D eigenvalue weighted by Gasteiger charge is 2.15. The molecular weight excluding hydrogens is 336 g/mol. The Morgan fingerprint density at radius 2 is 1.85 bits per heavy atom. The molecule has 0 spiro atoms. The van der Waals surface area contributed by atoms with Crippen LogP contribution in [0.5, 0.6) is 11.5 Å². The number of methoxy groups -OCH3 is 1. The summed E-state index contributed by atoms with van der Waals surface area (Å²) < 4.78 is 5.30. The van der Waals surface area contributed by atoms with Crippen molar-refractivity contribution in [3.63, 3.8) is 0 Å². The molecule has 7 heteroatoms. The summed E-state index contributed by atoms with van der Waals surface area (Å²) in [6.07, 6.45) is 0. The molecule has 3 rings (SSSR count). The Balaban J connectivity index is 1.86. The lowest BCUT2D eigenvalue weighted by Crippen LogP contribution is -2.23. The first-order chi connectivity index (χ1) is 12.5. The summed E-state index contributed by atoms with van der Waals surface area (Å²) in [7, 11) is 1.48. The molecule has 3 aromatic carbocycles. The molecule has 0 aliphatic heterocycles. The van der Waals surface area contributed by atoms with Crippen LogP contribution >= 0.6 is 0 Å². The van der Waals surface area contributed by atoms with E-state index in [1.165, 1.54) is 25.3 Å². The Hall–Kier alpha value is -3.61. The number of non-ortho nitro benzene ring substituents is 1. The van der Waals surface area contributed by atoms with Crippen LogP contribution in [0.15, 0.2) is 54.6 Å². The van der Waals surface area contributed by atoms with Gasteiger partial charge in [-0.25, -0.2) is 0 Å². The van der Waals surface area contributed by atoms with Gasteiger partial charge in [-0.3, -0.25) is 14.9 Å². The molecule has 0 fully saturated rings. The molecule has 0 aromatic heterocycles. The first-order valence-electron chi connectivity index (χ1n) is 7.81. The van der Waals surface area contributed by atoms with Gasteiger partial charge < -0.3 is 15.2 Å². The maximum Gasteiger partial charge on any atom is 0.270 e. The zero-order valence-corrected chi connectivity index (χ0v) is 13.9. The molecule has 0 aliphatic rings. The number of nitrogens with one attached hydrogen (secondary N) is 1. The fourth-order valence-electron chi connectivity index (χ4n) is 2.66. The maximum absolute atomic E-state index is 12.6. The Kier molecular flexibility index (Phi) is 4.70. The molecule has 0 radical (unpaired) electrons. The number of ether oxygens (including phenoxy) is 1. The molecule has 0 heterocycles. The minimum atomic E-state index is -0.558. The number of carbonyl (C=O) groups is 1. The van der Waals surface area contributed by atoms with Crippen LogP contribution in [0.1, 0.15) is 15.9 Å². The lowest BCUT2D eigenvalue weighted by Gasteiger charge is -2.11. The predicted octanol–water partition coefficient (Wildman–Crippen LogP) is 3.39. The second kappa shape index (κ2) is 7.10. The van der Waals surface area contributed by atoms with E-state index < -0.39 is 10.8 Å². The molecule has 0 saturated heterocycles. The van der Waals surface area contributed by atoms with Crippen molar-refractivity contribution in [2.45, 2.75) is 6.54 Å². The molecule has 0 unspecified atom stereocenters. The van der Waals surface area contributed by atoms with Gasteiger partial charge in [-0.15, -0.1) is 0 Å². The maximum atomic E-state index is 12.6. The van der Waals surface area contributed by atoms with Gasteiger partial charge in [-0.05, 0) is 29.0 Å². The van der Waals surface area contributed by atoms with E-state index >= 15 is 0 Å². The van der Waals surface area contributed by atoms with Crippen molar-refractivity contribution in [3.8, 4) is 11.5 Å². The van der Waals surface area contributed by atoms with Gasteiger partial charge in [0, 0.05) is 24.2 Å². The number of nitrogens with zero attached hydrogens (tertiary/aromatic N) is 1. The van der Waals surface area contributed by atoms with Crippen molar-refractivity contribution < 1.29 is 19.6 Å². The molecule has 1 amide bonds. The Labute approximate surface area is 149 Å². The SMILES string of the molecule is COc1cc2ccccc2cc1C(=O)NCc1cc([N+](=O)[O-])ccc1O. The highest BCUT2D eigenvalue weighted by Crippen LogP contribution is 2.27. The number of aromatic hydroxyl groups is 1. The van der Waals surface area contributed by atoms with Crippen molar-refractivity contribution in [1.29, 1.82) is 0 Å². The zero-order chi connectivity index (χ0) is 18.7. The zero-order valence-electron chi connectivity index (χ0n) is 13.9. The van der Waals surface area contributed by atoms with E-state index in [1.54, 1.807) is 12.1 Å². The molecule has 132 valence electrons. The number of phenols is 1. The normalized spacial score (nSPS) is 10.5. The predicted molar refractivity (Wildman–Crippen MR) is 96.4 cm³/mol. The largest absolute Gasteiger partial charge is 0.508 e. The van der Waals surface area contributed by atoms with E-state index in [4.69, 9.17) is 4.74 Å². The molecule has 3 aromatic rings. The van der Waals surface area contributed by atoms with Gasteiger partial charge in [0.2, 0.25) is 0 Å². The van der Waals surface area contributed by atoms with Gasteiger partial charge in [0.05, 0.1) is 17.6 Å². The summed E-state index contributed by atoms with van der Waals surface area (Å²) in [5.41, 5.74) is 0.443. The van der Waals surface area contributed by atoms with E-state index in [-0.39, 0.29) is 23.5 Å². The van der Waals surface area contributed by atoms with E-state index in [1.807, 2.05) is 24.3 Å². The van der Waals surface area contributed by atoms with Gasteiger partial charge >= 0.3 is 0 Å². The third kappa shape index (κ3) is 3.41. The van der Waals surface area contributed by atoms with Gasteiger partial charge in [-0.1, -0.05) is 24.3 Å². The minimum Gasteiger partial charge on any atom is -0.508 e. The number of benzene rings is 3. The van der Waals surface area contributed by atoms with Crippen LogP contribution < -0.4 is 10.1 Å². The van der Waals surface area contributed by atoms with Crippen LogP contribution in [-0.4, -0.2) is 23.0 Å². The molecular formula is C19H16N2O5. The average Bonchev–Trinajstić information content (AvgIpc) is 2.65. The van der Waals surface area contributed by atoms with Gasteiger partial charge in [0.15, 0.2) is 0 Å². The molecule has 7 nitrogen and oxygen atoms in total. The second-order valence-electron chi connectivity index (χ2n) is 5.65. The summed E-state index contributed by atoms with van der Waals surface area (Å²) in [6.45, 7) is -0.0532. The average molecular weight is 352 g/mol. The number of rotatable bonds is 5. The topological polar surface area (TPSA) is 102 Å². The number of hydrogen-bond donors (Lipinski definition) is 2. The van der Waals surface area contributed by atoms with Crippen molar-refractivity contribution in [2.75, 3.05) is 7.11 Å². The fourth-order valence-corrected chi connectivity index (χ4v) is 2.66. The highest BCUT2D eigenvalue weighted by molar-refractivity contribution is 6.01. The summed E-state index contributed by atoms with van der Waals surface area (Å²) in [4.78, 5) is 22.9. The van der Waals surface area contributed by atoms with Crippen LogP contribution in [-0.2, 0) is 6.54 Å². The number of hydrogen-bond acceptors (Lipinski definition) is 5. The van der Waals surface area contributed by atoms with Crippen LogP contribution in [0.25, 0.3) is 10.8 Å². The Bertz CT molecular complexity index is 1000. The monoisotopic (exact) mass is 352 g/mol. The van der Waals surface area contributed by atoms with E-state index in [0.717, 1.165) is 10.8 Å². The number of phenolic OH excluding ortho intramolecular Hbond substituents is 1. The van der Waals surface area contributed by atoms with Gasteiger partial charge in [0.25, 0.3) is 11.6 Å². The van der Waals surface area contributed by atoms with E-state index in [9.17, 15) is 20.0 Å². The van der Waals surface area contributed by atoms with Crippen molar-refractivity contribution >= 4 is 22.4 Å². The van der Waals surface area contributed by atoms with Gasteiger partial charge in [0.1, 0.15) is 11.5 Å². The van der Waals surface area contributed by atoms with Crippen molar-refractivity contribution in [1.82, 2.24) is 5.32 Å². The van der Waals surface area contributed by atoms with Crippen LogP contribution in [0.2, 0.25) is 0 Å². The Morgan fingerprint density at radius 3 is 2.50 bits per heavy atom. The van der Waals surface area contributed by atoms with Crippen LogP contribution in [0.3, 0.4) is 0 Å². The first-order valence-corrected chi connectivity index (χ1v) is 7.81. The summed E-state index contributed by atoms with van der Waals surface area (Å²) >= 11 is 0. The first kappa shape index (κ1) is 17.2. The van der Waals surface area contributed by atoms with Crippen LogP contribution in [0, 0.1) is 10.1 Å². The standard InChI is InChI=1S/C19H16N2O5/c1-26-18-10-13-5-3-2-4-12(13)9-16(18)19(23)20-11-14-8-15(21(24)25)6-7-17(14)22/h2-10,22H,11H2,1H3,(H,20,23). The Morgan fingerprint density at radius 1 is 1.15 bits per heavy atom. The number of amides is 1. The lowest BCUT2D eigenvalue weighted by atomic mass is 10.1. The summed E-state index contributed by atoms with van der Waals surface area (Å²) in [6, 6.07) is 14.7. The quantitative estimate of drug-likeness (QED) is 0.541. The third-order valence-electron chi connectivity index (χ3n) is 4.03. The second-order valence-corrected chi connectivity index (χ2v) is 5.65. The smallest absolute Gasteiger partial charge is 0.270 e. The molecule has 0 saturated carbocycles. The third-order valence-corrected chi connectivity index (χ3v) is 4.03. The van der Waals surface area contributed by atoms with E-state index in [0.29, 0.717) is 11.3 Å². The van der Waals surface area contributed by atoms with Gasteiger partial charge in [-0.2, -0.15) is 0 Å². The number of fused-ring (bicyclic) bond motifs is 1. The molecule has 0 aliphatic carbocycles. The van der Waals surface area contributed by atoms with Crippen LogP contribution in [0.4, 0.5) is 5.69 Å². The minimum absolute atomic E-state index is 0.0532. The summed E-state index contributed by atoms with van der Waals surface area (Å²) in [5, 5.41) is 25.2. The van der Waals surface area contributed by atoms with Crippen molar-refractivity contribution in [3.05, 3.63) is 75.8 Å². The number of nitro benzene ring substituents is 1. The molecule has 26 heavy (non-hydrogen) atoms. The highest BCUT2D eigenvalue weighted by atomic mass is 16.6.